The summed E-state index contributed by atoms with van der Waals surface area (Å²) >= 11 is 5.70. The highest BCUT2D eigenvalue weighted by molar-refractivity contribution is 7.81. The van der Waals surface area contributed by atoms with Gasteiger partial charge in [0.2, 0.25) is 5.91 Å². The summed E-state index contributed by atoms with van der Waals surface area (Å²) in [5.41, 5.74) is 3.88. The Kier molecular flexibility index (Phi) is 5.69. The highest BCUT2D eigenvalue weighted by Gasteiger charge is 2.29. The summed E-state index contributed by atoms with van der Waals surface area (Å²) < 4.78 is 13.5. The Hall–Kier alpha value is -3.70. The van der Waals surface area contributed by atoms with Gasteiger partial charge in [0, 0.05) is 30.4 Å². The van der Waals surface area contributed by atoms with Crippen LogP contribution in [-0.2, 0) is 4.79 Å². The van der Waals surface area contributed by atoms with Gasteiger partial charge in [-0.1, -0.05) is 12.1 Å². The quantitative estimate of drug-likeness (QED) is 0.573. The predicted octanol–water partition coefficient (Wildman–Crippen LogP) is 4.38. The number of amides is 1. The molecule has 6 nitrogen and oxygen atoms in total. The summed E-state index contributed by atoms with van der Waals surface area (Å²) in [5.74, 6) is -0.503. The first kappa shape index (κ1) is 20.6. The summed E-state index contributed by atoms with van der Waals surface area (Å²) in [6.07, 6.45) is 5.27. The topological polar surface area (TPSA) is 73.1 Å². The number of aryl methyl sites for hydroxylation is 1. The number of anilines is 2. The lowest BCUT2D eigenvalue weighted by molar-refractivity contribution is -0.117. The van der Waals surface area contributed by atoms with Gasteiger partial charge in [0.1, 0.15) is 17.6 Å². The summed E-state index contributed by atoms with van der Waals surface area (Å²) in [6, 6.07) is 12.7. The first-order valence-electron chi connectivity index (χ1n) is 9.70. The van der Waals surface area contributed by atoms with E-state index in [0.717, 1.165) is 11.3 Å². The van der Waals surface area contributed by atoms with Gasteiger partial charge >= 0.3 is 0 Å². The fraction of sp³-hybridized carbons (Fsp3) is 0.174. The van der Waals surface area contributed by atoms with Crippen molar-refractivity contribution in [2.45, 2.75) is 19.8 Å². The van der Waals surface area contributed by atoms with E-state index in [1.54, 1.807) is 19.2 Å². The van der Waals surface area contributed by atoms with Crippen molar-refractivity contribution in [1.29, 1.82) is 5.26 Å². The second-order valence-corrected chi connectivity index (χ2v) is 7.54. The van der Waals surface area contributed by atoms with Crippen LogP contribution in [0.2, 0.25) is 0 Å². The number of carbonyl (C=O) groups is 1. The minimum Gasteiger partial charge on any atom is -0.318 e. The summed E-state index contributed by atoms with van der Waals surface area (Å²) in [7, 11) is 0. The Balaban J connectivity index is 1.65. The molecule has 0 atom stereocenters. The van der Waals surface area contributed by atoms with Crippen LogP contribution in [-0.4, -0.2) is 27.5 Å². The van der Waals surface area contributed by atoms with Crippen molar-refractivity contribution in [3.05, 3.63) is 72.1 Å². The number of nitriles is 1. The second kappa shape index (κ2) is 8.58. The molecule has 1 saturated heterocycles. The van der Waals surface area contributed by atoms with E-state index in [4.69, 9.17) is 17.5 Å². The number of hydrogen-bond acceptors (Lipinski definition) is 5. The largest absolute Gasteiger partial charge is 0.318 e. The van der Waals surface area contributed by atoms with E-state index in [1.807, 2.05) is 35.2 Å². The van der Waals surface area contributed by atoms with Gasteiger partial charge in [-0.2, -0.15) is 5.26 Å². The molecular formula is C23H18FN5OS. The molecule has 0 N–H and O–H groups in total. The number of nitrogens with zero attached hydrogens (tertiary/aromatic N) is 5. The number of aromatic nitrogens is 2. The number of carbonyl (C=O) groups excluding carboxylic acids is 1. The number of thiocarbonyl (C=S) groups is 1. The molecule has 3 aromatic rings. The molecule has 154 valence electrons. The zero-order chi connectivity index (χ0) is 22.0. The Morgan fingerprint density at radius 1 is 1.10 bits per heavy atom. The summed E-state index contributed by atoms with van der Waals surface area (Å²) in [4.78, 5) is 24.2. The fourth-order valence-electron chi connectivity index (χ4n) is 3.52. The lowest BCUT2D eigenvalue weighted by Crippen LogP contribution is -2.44. The van der Waals surface area contributed by atoms with Crippen molar-refractivity contribution in [1.82, 2.24) is 9.97 Å². The molecule has 1 aliphatic rings. The second-order valence-electron chi connectivity index (χ2n) is 7.18. The fourth-order valence-corrected chi connectivity index (χ4v) is 3.92. The molecular weight excluding hydrogens is 413 g/mol. The molecule has 31 heavy (non-hydrogen) atoms. The van der Waals surface area contributed by atoms with Crippen LogP contribution in [0.5, 0.6) is 0 Å². The van der Waals surface area contributed by atoms with Crippen molar-refractivity contribution >= 4 is 34.6 Å². The molecule has 0 aliphatic carbocycles. The SMILES string of the molecule is Cc1cc(N2C(=O)CCCN(c3ccc(-c4cncc(F)c4)cc3)C2=S)cnc1C#N. The molecule has 3 heterocycles. The first-order chi connectivity index (χ1) is 15.0. The molecule has 0 radical (unpaired) electrons. The standard InChI is InChI=1S/C23H18FN5OS/c1-15-9-20(14-27-21(15)11-25)29-22(30)3-2-8-28(23(29)31)19-6-4-16(5-7-19)17-10-18(24)13-26-12-17/h4-7,9-10,12-14H,2-3,8H2,1H3. The van der Waals surface area contributed by atoms with Gasteiger partial charge < -0.3 is 4.90 Å². The van der Waals surface area contributed by atoms with Gasteiger partial charge in [0.25, 0.3) is 0 Å². The maximum Gasteiger partial charge on any atom is 0.233 e. The van der Waals surface area contributed by atoms with Crippen LogP contribution < -0.4 is 9.80 Å². The molecule has 0 bridgehead atoms. The molecule has 4 rings (SSSR count). The molecule has 1 amide bonds. The van der Waals surface area contributed by atoms with Crippen molar-refractivity contribution in [3.63, 3.8) is 0 Å². The van der Waals surface area contributed by atoms with E-state index in [1.165, 1.54) is 23.4 Å². The minimum absolute atomic E-state index is 0.110. The normalized spacial score (nSPS) is 14.4. The average Bonchev–Trinajstić information content (AvgIpc) is 2.91. The molecule has 1 fully saturated rings. The molecule has 1 aromatic carbocycles. The van der Waals surface area contributed by atoms with Gasteiger partial charge in [-0.15, -0.1) is 0 Å². The van der Waals surface area contributed by atoms with Gasteiger partial charge in [-0.05, 0) is 61.0 Å². The number of rotatable bonds is 3. The lowest BCUT2D eigenvalue weighted by atomic mass is 10.1. The molecule has 1 aliphatic heterocycles. The van der Waals surface area contributed by atoms with Gasteiger partial charge in [-0.3, -0.25) is 14.7 Å². The Morgan fingerprint density at radius 2 is 1.87 bits per heavy atom. The van der Waals surface area contributed by atoms with Crippen LogP contribution in [0.4, 0.5) is 15.8 Å². The summed E-state index contributed by atoms with van der Waals surface area (Å²) in [6.45, 7) is 2.36. The number of halogens is 1. The minimum atomic E-state index is -0.393. The maximum absolute atomic E-state index is 13.5. The van der Waals surface area contributed by atoms with E-state index >= 15 is 0 Å². The lowest BCUT2D eigenvalue weighted by Gasteiger charge is -2.29. The van der Waals surface area contributed by atoms with Crippen molar-refractivity contribution in [3.8, 4) is 17.2 Å². The smallest absolute Gasteiger partial charge is 0.233 e. The Bertz CT molecular complexity index is 1210. The van der Waals surface area contributed by atoms with Crippen LogP contribution in [0.15, 0.2) is 55.0 Å². The van der Waals surface area contributed by atoms with Crippen LogP contribution >= 0.6 is 12.2 Å². The third-order valence-corrected chi connectivity index (χ3v) is 5.49. The molecule has 8 heteroatoms. The van der Waals surface area contributed by atoms with Crippen molar-refractivity contribution in [2.75, 3.05) is 16.3 Å². The molecule has 0 spiro atoms. The van der Waals surface area contributed by atoms with Crippen LogP contribution in [0.3, 0.4) is 0 Å². The zero-order valence-electron chi connectivity index (χ0n) is 16.7. The van der Waals surface area contributed by atoms with E-state index in [9.17, 15) is 9.18 Å². The van der Waals surface area contributed by atoms with E-state index in [0.29, 0.717) is 47.0 Å². The molecule has 0 saturated carbocycles. The van der Waals surface area contributed by atoms with Crippen molar-refractivity contribution in [2.24, 2.45) is 0 Å². The highest BCUT2D eigenvalue weighted by Crippen LogP contribution is 2.28. The predicted molar refractivity (Wildman–Crippen MR) is 120 cm³/mol. The van der Waals surface area contributed by atoms with Crippen molar-refractivity contribution < 1.29 is 9.18 Å². The number of pyridine rings is 2. The Morgan fingerprint density at radius 3 is 2.55 bits per heavy atom. The first-order valence-corrected chi connectivity index (χ1v) is 10.1. The summed E-state index contributed by atoms with van der Waals surface area (Å²) in [5, 5.41) is 9.48. The number of hydrogen-bond donors (Lipinski definition) is 0. The average molecular weight is 431 g/mol. The van der Waals surface area contributed by atoms with Gasteiger partial charge in [0.05, 0.1) is 18.1 Å². The van der Waals surface area contributed by atoms with E-state index < -0.39 is 5.82 Å². The van der Waals surface area contributed by atoms with Crippen LogP contribution in [0, 0.1) is 24.1 Å². The monoisotopic (exact) mass is 431 g/mol. The number of benzene rings is 1. The van der Waals surface area contributed by atoms with E-state index in [-0.39, 0.29) is 5.91 Å². The zero-order valence-corrected chi connectivity index (χ0v) is 17.6. The van der Waals surface area contributed by atoms with Gasteiger partial charge in [0.15, 0.2) is 5.11 Å². The highest BCUT2D eigenvalue weighted by atomic mass is 32.1. The Labute approximate surface area is 184 Å². The van der Waals surface area contributed by atoms with E-state index in [2.05, 4.69) is 9.97 Å². The third kappa shape index (κ3) is 4.13. The molecule has 2 aromatic heterocycles. The maximum atomic E-state index is 13.5. The molecule has 0 unspecified atom stereocenters. The van der Waals surface area contributed by atoms with Crippen LogP contribution in [0.25, 0.3) is 11.1 Å². The van der Waals surface area contributed by atoms with Gasteiger partial charge in [-0.25, -0.2) is 9.37 Å². The third-order valence-electron chi connectivity index (χ3n) is 5.09. The van der Waals surface area contributed by atoms with Crippen LogP contribution in [0.1, 0.15) is 24.1 Å².